The standard InChI is InChI=1S/C24H46O6/c1-2-3-4-5-8-12-19(25)13-9-6-7-10-14-20(23(28)29)21(26)16-18-24(30)17-11-15-22(24)27/h19-22,25-27,30H,2-18H2,1H3,(H,28,29)/t19-,20-,21+,22+,24-/m0/s1. The summed E-state index contributed by atoms with van der Waals surface area (Å²) < 4.78 is 0. The molecule has 0 spiro atoms. The Bertz CT molecular complexity index is 457. The number of rotatable bonds is 18. The van der Waals surface area contributed by atoms with Gasteiger partial charge in [0.1, 0.15) is 0 Å². The monoisotopic (exact) mass is 430 g/mol. The van der Waals surface area contributed by atoms with E-state index in [1.807, 2.05) is 0 Å². The Balaban J connectivity index is 2.15. The third-order valence-electron chi connectivity index (χ3n) is 6.81. The largest absolute Gasteiger partial charge is 0.481 e. The first kappa shape index (κ1) is 27.3. The zero-order chi connectivity index (χ0) is 22.4. The highest BCUT2D eigenvalue weighted by Gasteiger charge is 2.40. The molecular weight excluding hydrogens is 384 g/mol. The molecule has 1 rings (SSSR count). The predicted molar refractivity (Wildman–Crippen MR) is 118 cm³/mol. The number of aliphatic hydroxyl groups excluding tert-OH is 3. The first-order valence-corrected chi connectivity index (χ1v) is 12.3. The molecule has 5 atom stereocenters. The fourth-order valence-electron chi connectivity index (χ4n) is 4.63. The number of carbonyl (C=O) groups is 1. The molecule has 0 aromatic heterocycles. The topological polar surface area (TPSA) is 118 Å². The molecule has 0 aromatic carbocycles. The zero-order valence-corrected chi connectivity index (χ0v) is 19.0. The van der Waals surface area contributed by atoms with Gasteiger partial charge in [-0.15, -0.1) is 0 Å². The smallest absolute Gasteiger partial charge is 0.309 e. The van der Waals surface area contributed by atoms with Gasteiger partial charge in [-0.1, -0.05) is 64.7 Å². The highest BCUT2D eigenvalue weighted by Crippen LogP contribution is 2.35. The molecule has 6 heteroatoms. The second kappa shape index (κ2) is 15.2. The summed E-state index contributed by atoms with van der Waals surface area (Å²) >= 11 is 0. The van der Waals surface area contributed by atoms with E-state index in [0.717, 1.165) is 51.4 Å². The molecule has 178 valence electrons. The SMILES string of the molecule is CCCCCCC[C@H](O)CCCCCC[C@H](C(=O)O)[C@H](O)CC[C@@]1(O)CCC[C@H]1O. The van der Waals surface area contributed by atoms with Crippen molar-refractivity contribution in [2.24, 2.45) is 5.92 Å². The van der Waals surface area contributed by atoms with Crippen molar-refractivity contribution in [1.29, 1.82) is 0 Å². The number of carboxylic acids is 1. The molecule has 1 fully saturated rings. The lowest BCUT2D eigenvalue weighted by atomic mass is 9.87. The molecule has 0 unspecified atom stereocenters. The number of aliphatic hydroxyl groups is 4. The highest BCUT2D eigenvalue weighted by atomic mass is 16.4. The van der Waals surface area contributed by atoms with Crippen LogP contribution in [0.25, 0.3) is 0 Å². The molecule has 0 saturated heterocycles. The van der Waals surface area contributed by atoms with Gasteiger partial charge >= 0.3 is 5.97 Å². The summed E-state index contributed by atoms with van der Waals surface area (Å²) in [5.41, 5.74) is -1.18. The Morgan fingerprint density at radius 2 is 1.50 bits per heavy atom. The summed E-state index contributed by atoms with van der Waals surface area (Å²) in [7, 11) is 0. The van der Waals surface area contributed by atoms with E-state index in [0.29, 0.717) is 19.3 Å². The average Bonchev–Trinajstić information content (AvgIpc) is 3.04. The lowest BCUT2D eigenvalue weighted by Gasteiger charge is -2.28. The minimum absolute atomic E-state index is 0.189. The summed E-state index contributed by atoms with van der Waals surface area (Å²) in [4.78, 5) is 11.6. The van der Waals surface area contributed by atoms with Crippen molar-refractivity contribution in [2.45, 2.75) is 140 Å². The molecular formula is C24H46O6. The van der Waals surface area contributed by atoms with Crippen LogP contribution in [-0.4, -0.2) is 55.4 Å². The molecule has 1 aliphatic carbocycles. The van der Waals surface area contributed by atoms with Crippen LogP contribution in [0.4, 0.5) is 0 Å². The van der Waals surface area contributed by atoms with E-state index in [-0.39, 0.29) is 18.9 Å². The predicted octanol–water partition coefficient (Wildman–Crippen LogP) is 4.17. The van der Waals surface area contributed by atoms with Crippen molar-refractivity contribution in [3.05, 3.63) is 0 Å². The highest BCUT2D eigenvalue weighted by molar-refractivity contribution is 5.70. The number of unbranched alkanes of at least 4 members (excludes halogenated alkanes) is 7. The van der Waals surface area contributed by atoms with Crippen LogP contribution in [0.1, 0.15) is 116 Å². The van der Waals surface area contributed by atoms with Crippen molar-refractivity contribution >= 4 is 5.97 Å². The van der Waals surface area contributed by atoms with E-state index in [1.165, 1.54) is 25.7 Å². The van der Waals surface area contributed by atoms with Crippen LogP contribution >= 0.6 is 0 Å². The first-order chi connectivity index (χ1) is 14.3. The fourth-order valence-corrected chi connectivity index (χ4v) is 4.63. The fraction of sp³-hybridized carbons (Fsp3) is 0.958. The Hall–Kier alpha value is -0.690. The molecule has 6 nitrogen and oxygen atoms in total. The summed E-state index contributed by atoms with van der Waals surface area (Å²) in [6.45, 7) is 2.19. The summed E-state index contributed by atoms with van der Waals surface area (Å²) in [5, 5.41) is 50.1. The van der Waals surface area contributed by atoms with Gasteiger partial charge in [-0.05, 0) is 51.4 Å². The maximum absolute atomic E-state index is 11.6. The van der Waals surface area contributed by atoms with E-state index < -0.39 is 29.7 Å². The average molecular weight is 431 g/mol. The molecule has 0 aromatic rings. The van der Waals surface area contributed by atoms with Crippen LogP contribution < -0.4 is 0 Å². The van der Waals surface area contributed by atoms with Gasteiger partial charge in [-0.25, -0.2) is 0 Å². The van der Waals surface area contributed by atoms with E-state index in [2.05, 4.69) is 6.92 Å². The van der Waals surface area contributed by atoms with Crippen LogP contribution in [0.15, 0.2) is 0 Å². The van der Waals surface area contributed by atoms with Gasteiger partial charge in [0.05, 0.1) is 29.8 Å². The van der Waals surface area contributed by atoms with E-state index >= 15 is 0 Å². The minimum atomic E-state index is -1.18. The lowest BCUT2D eigenvalue weighted by molar-refractivity contribution is -0.147. The number of carboxylic acid groups (broad SMARTS) is 1. The van der Waals surface area contributed by atoms with Crippen molar-refractivity contribution in [1.82, 2.24) is 0 Å². The Kier molecular flexibility index (Phi) is 13.8. The molecule has 0 radical (unpaired) electrons. The Morgan fingerprint density at radius 3 is 2.00 bits per heavy atom. The van der Waals surface area contributed by atoms with Crippen molar-refractivity contribution in [3.8, 4) is 0 Å². The van der Waals surface area contributed by atoms with Crippen molar-refractivity contribution in [2.75, 3.05) is 0 Å². The quantitative estimate of drug-likeness (QED) is 0.208. The van der Waals surface area contributed by atoms with E-state index in [4.69, 9.17) is 0 Å². The van der Waals surface area contributed by atoms with Gasteiger partial charge in [0, 0.05) is 0 Å². The Morgan fingerprint density at radius 1 is 0.933 bits per heavy atom. The van der Waals surface area contributed by atoms with E-state index in [9.17, 15) is 30.3 Å². The van der Waals surface area contributed by atoms with Gasteiger partial charge in [0.15, 0.2) is 0 Å². The van der Waals surface area contributed by atoms with Gasteiger partial charge in [0.2, 0.25) is 0 Å². The normalized spacial score (nSPS) is 24.6. The van der Waals surface area contributed by atoms with Gasteiger partial charge in [-0.3, -0.25) is 4.79 Å². The molecule has 1 saturated carbocycles. The Labute approximate surface area is 182 Å². The van der Waals surface area contributed by atoms with Gasteiger partial charge in [-0.2, -0.15) is 0 Å². The van der Waals surface area contributed by atoms with E-state index in [1.54, 1.807) is 0 Å². The van der Waals surface area contributed by atoms with Crippen LogP contribution in [-0.2, 0) is 4.79 Å². The second-order valence-corrected chi connectivity index (χ2v) is 9.41. The third-order valence-corrected chi connectivity index (χ3v) is 6.81. The molecule has 0 amide bonds. The molecule has 0 bridgehead atoms. The maximum atomic E-state index is 11.6. The number of hydrogen-bond acceptors (Lipinski definition) is 5. The van der Waals surface area contributed by atoms with Crippen LogP contribution in [0.2, 0.25) is 0 Å². The molecule has 30 heavy (non-hydrogen) atoms. The maximum Gasteiger partial charge on any atom is 0.309 e. The summed E-state index contributed by atoms with van der Waals surface area (Å²) in [6, 6.07) is 0. The third kappa shape index (κ3) is 10.6. The number of hydrogen-bond donors (Lipinski definition) is 5. The van der Waals surface area contributed by atoms with Crippen LogP contribution in [0, 0.1) is 5.92 Å². The van der Waals surface area contributed by atoms with Gasteiger partial charge < -0.3 is 25.5 Å². The lowest BCUT2D eigenvalue weighted by Crippen LogP contribution is -2.39. The molecule has 0 heterocycles. The molecule has 5 N–H and O–H groups in total. The zero-order valence-electron chi connectivity index (χ0n) is 19.0. The van der Waals surface area contributed by atoms with Crippen LogP contribution in [0.5, 0.6) is 0 Å². The minimum Gasteiger partial charge on any atom is -0.481 e. The van der Waals surface area contributed by atoms with Crippen molar-refractivity contribution in [3.63, 3.8) is 0 Å². The van der Waals surface area contributed by atoms with Crippen molar-refractivity contribution < 1.29 is 30.3 Å². The summed E-state index contributed by atoms with van der Waals surface area (Å²) in [6.07, 6.45) is 11.9. The molecule has 0 aliphatic heterocycles. The second-order valence-electron chi connectivity index (χ2n) is 9.41. The summed E-state index contributed by atoms with van der Waals surface area (Å²) in [5.74, 6) is -1.83. The first-order valence-electron chi connectivity index (χ1n) is 12.3. The van der Waals surface area contributed by atoms with Crippen LogP contribution in [0.3, 0.4) is 0 Å². The van der Waals surface area contributed by atoms with Gasteiger partial charge in [0.25, 0.3) is 0 Å². The molecule has 1 aliphatic rings. The number of aliphatic carboxylic acids is 1.